The first-order valence-electron chi connectivity index (χ1n) is 7.26. The van der Waals surface area contributed by atoms with Crippen molar-refractivity contribution < 1.29 is 0 Å². The second kappa shape index (κ2) is 6.94. The molecule has 2 rings (SSSR count). The summed E-state index contributed by atoms with van der Waals surface area (Å²) in [6, 6.07) is 0. The Hall–Kier alpha value is -1.03. The first kappa shape index (κ1) is 14.4. The van der Waals surface area contributed by atoms with Crippen molar-refractivity contribution in [3.63, 3.8) is 0 Å². The highest BCUT2D eigenvalue weighted by atomic mass is 35.5. The summed E-state index contributed by atoms with van der Waals surface area (Å²) in [6.07, 6.45) is 6.73. The summed E-state index contributed by atoms with van der Waals surface area (Å²) in [5.41, 5.74) is 0. The number of anilines is 2. The molecule has 4 nitrogen and oxygen atoms in total. The van der Waals surface area contributed by atoms with E-state index in [-0.39, 0.29) is 0 Å². The molecule has 1 aromatic heterocycles. The third kappa shape index (κ3) is 3.72. The van der Waals surface area contributed by atoms with Crippen LogP contribution in [-0.4, -0.2) is 29.6 Å². The zero-order chi connectivity index (χ0) is 13.7. The van der Waals surface area contributed by atoms with Crippen LogP contribution in [0, 0.1) is 5.92 Å². The Kier molecular flexibility index (Phi) is 5.25. The Labute approximate surface area is 120 Å². The van der Waals surface area contributed by atoms with E-state index in [0.717, 1.165) is 31.4 Å². The summed E-state index contributed by atoms with van der Waals surface area (Å²) < 4.78 is 0. The van der Waals surface area contributed by atoms with Gasteiger partial charge in [0.15, 0.2) is 5.82 Å². The Bertz CT molecular complexity index is 410. The third-order valence-corrected chi connectivity index (χ3v) is 4.05. The molecule has 0 amide bonds. The second-order valence-corrected chi connectivity index (χ2v) is 5.49. The predicted molar refractivity (Wildman–Crippen MR) is 81.1 cm³/mol. The maximum absolute atomic E-state index is 6.26. The van der Waals surface area contributed by atoms with E-state index in [4.69, 9.17) is 11.6 Å². The molecule has 0 radical (unpaired) electrons. The van der Waals surface area contributed by atoms with Gasteiger partial charge in [0.05, 0.1) is 6.20 Å². The molecule has 5 heteroatoms. The monoisotopic (exact) mass is 282 g/mol. The van der Waals surface area contributed by atoms with Gasteiger partial charge in [0.25, 0.3) is 0 Å². The zero-order valence-corrected chi connectivity index (χ0v) is 12.6. The van der Waals surface area contributed by atoms with Crippen LogP contribution in [0.5, 0.6) is 0 Å². The molecule has 1 aliphatic rings. The SMILES string of the molecule is CCNc1ncc(Cl)c(N2CCCC(CC)CC2)n1. The summed E-state index contributed by atoms with van der Waals surface area (Å²) in [4.78, 5) is 11.1. The third-order valence-electron chi connectivity index (χ3n) is 3.79. The van der Waals surface area contributed by atoms with Crippen LogP contribution in [0.25, 0.3) is 0 Å². The fourth-order valence-corrected chi connectivity index (χ4v) is 2.82. The van der Waals surface area contributed by atoms with Crippen LogP contribution in [0.15, 0.2) is 6.20 Å². The lowest BCUT2D eigenvalue weighted by atomic mass is 9.98. The molecule has 106 valence electrons. The molecule has 1 N–H and O–H groups in total. The van der Waals surface area contributed by atoms with Gasteiger partial charge in [0, 0.05) is 19.6 Å². The van der Waals surface area contributed by atoms with E-state index in [0.29, 0.717) is 11.0 Å². The van der Waals surface area contributed by atoms with Crippen molar-refractivity contribution in [3.05, 3.63) is 11.2 Å². The van der Waals surface area contributed by atoms with Gasteiger partial charge in [-0.05, 0) is 32.1 Å². The minimum atomic E-state index is 0.650. The number of aromatic nitrogens is 2. The van der Waals surface area contributed by atoms with Crippen LogP contribution in [0.3, 0.4) is 0 Å². The van der Waals surface area contributed by atoms with E-state index >= 15 is 0 Å². The number of hydrogen-bond acceptors (Lipinski definition) is 4. The lowest BCUT2D eigenvalue weighted by Gasteiger charge is -2.23. The van der Waals surface area contributed by atoms with E-state index in [2.05, 4.69) is 27.1 Å². The molecular weight excluding hydrogens is 260 g/mol. The molecule has 0 spiro atoms. The van der Waals surface area contributed by atoms with Crippen LogP contribution in [0.4, 0.5) is 11.8 Å². The van der Waals surface area contributed by atoms with E-state index in [1.165, 1.54) is 25.7 Å². The Morgan fingerprint density at radius 2 is 2.21 bits per heavy atom. The van der Waals surface area contributed by atoms with Gasteiger partial charge in [0.1, 0.15) is 5.02 Å². The van der Waals surface area contributed by atoms with Crippen LogP contribution in [0.1, 0.15) is 39.5 Å². The molecule has 0 saturated carbocycles. The van der Waals surface area contributed by atoms with Crippen molar-refractivity contribution in [1.29, 1.82) is 0 Å². The molecule has 0 bridgehead atoms. The molecule has 1 saturated heterocycles. The minimum absolute atomic E-state index is 0.650. The van der Waals surface area contributed by atoms with Gasteiger partial charge in [-0.3, -0.25) is 0 Å². The molecule has 1 unspecified atom stereocenters. The highest BCUT2D eigenvalue weighted by Crippen LogP contribution is 2.28. The van der Waals surface area contributed by atoms with Gasteiger partial charge >= 0.3 is 0 Å². The molecule has 1 aliphatic heterocycles. The molecule has 2 heterocycles. The van der Waals surface area contributed by atoms with Gasteiger partial charge in [-0.15, -0.1) is 0 Å². The lowest BCUT2D eigenvalue weighted by molar-refractivity contribution is 0.459. The summed E-state index contributed by atoms with van der Waals surface area (Å²) in [5, 5.41) is 3.79. The van der Waals surface area contributed by atoms with Crippen molar-refractivity contribution in [1.82, 2.24) is 9.97 Å². The maximum atomic E-state index is 6.26. The number of nitrogens with zero attached hydrogens (tertiary/aromatic N) is 3. The van der Waals surface area contributed by atoms with Crippen LogP contribution < -0.4 is 10.2 Å². The molecule has 1 atom stereocenters. The molecule has 1 aromatic rings. The van der Waals surface area contributed by atoms with Gasteiger partial charge in [0.2, 0.25) is 5.95 Å². The number of rotatable bonds is 4. The maximum Gasteiger partial charge on any atom is 0.224 e. The summed E-state index contributed by atoms with van der Waals surface area (Å²) in [5.74, 6) is 2.39. The predicted octanol–water partition coefficient (Wildman–Crippen LogP) is 3.58. The normalized spacial score (nSPS) is 20.2. The molecular formula is C14H23ClN4. The van der Waals surface area contributed by atoms with Crippen molar-refractivity contribution >= 4 is 23.4 Å². The standard InChI is InChI=1S/C14H23ClN4/c1-3-11-6-5-8-19(9-7-11)13-12(15)10-17-14(18-13)16-4-2/h10-11H,3-9H2,1-2H3,(H,16,17,18). The summed E-state index contributed by atoms with van der Waals surface area (Å²) in [6.45, 7) is 7.22. The highest BCUT2D eigenvalue weighted by molar-refractivity contribution is 6.32. The zero-order valence-electron chi connectivity index (χ0n) is 11.8. The van der Waals surface area contributed by atoms with Crippen molar-refractivity contribution in [2.75, 3.05) is 29.9 Å². The minimum Gasteiger partial charge on any atom is -0.355 e. The van der Waals surface area contributed by atoms with Crippen LogP contribution >= 0.6 is 11.6 Å². The van der Waals surface area contributed by atoms with Crippen molar-refractivity contribution in [2.24, 2.45) is 5.92 Å². The highest BCUT2D eigenvalue weighted by Gasteiger charge is 2.19. The molecule has 19 heavy (non-hydrogen) atoms. The van der Waals surface area contributed by atoms with Gasteiger partial charge in [-0.25, -0.2) is 4.98 Å². The topological polar surface area (TPSA) is 41.1 Å². The van der Waals surface area contributed by atoms with E-state index in [1.807, 2.05) is 6.92 Å². The van der Waals surface area contributed by atoms with E-state index in [9.17, 15) is 0 Å². The molecule has 0 aliphatic carbocycles. The number of nitrogens with one attached hydrogen (secondary N) is 1. The molecule has 1 fully saturated rings. The lowest BCUT2D eigenvalue weighted by Crippen LogP contribution is -2.26. The van der Waals surface area contributed by atoms with Gasteiger partial charge in [-0.1, -0.05) is 24.9 Å². The largest absolute Gasteiger partial charge is 0.355 e. The van der Waals surface area contributed by atoms with Crippen molar-refractivity contribution in [3.8, 4) is 0 Å². The number of halogens is 1. The summed E-state index contributed by atoms with van der Waals surface area (Å²) >= 11 is 6.26. The van der Waals surface area contributed by atoms with Crippen LogP contribution in [-0.2, 0) is 0 Å². The average molecular weight is 283 g/mol. The fraction of sp³-hybridized carbons (Fsp3) is 0.714. The van der Waals surface area contributed by atoms with Crippen molar-refractivity contribution in [2.45, 2.75) is 39.5 Å². The van der Waals surface area contributed by atoms with Gasteiger partial charge in [-0.2, -0.15) is 4.98 Å². The fourth-order valence-electron chi connectivity index (χ4n) is 2.61. The summed E-state index contributed by atoms with van der Waals surface area (Å²) in [7, 11) is 0. The first-order chi connectivity index (χ1) is 9.24. The van der Waals surface area contributed by atoms with Gasteiger partial charge < -0.3 is 10.2 Å². The average Bonchev–Trinajstić information content (AvgIpc) is 2.66. The second-order valence-electron chi connectivity index (χ2n) is 5.09. The Morgan fingerprint density at radius 1 is 1.37 bits per heavy atom. The van der Waals surface area contributed by atoms with E-state index in [1.54, 1.807) is 6.20 Å². The quantitative estimate of drug-likeness (QED) is 0.916. The smallest absolute Gasteiger partial charge is 0.224 e. The Balaban J connectivity index is 2.13. The van der Waals surface area contributed by atoms with Crippen LogP contribution in [0.2, 0.25) is 5.02 Å². The number of hydrogen-bond donors (Lipinski definition) is 1. The Morgan fingerprint density at radius 3 is 2.95 bits per heavy atom. The van der Waals surface area contributed by atoms with E-state index < -0.39 is 0 Å². The molecule has 0 aromatic carbocycles. The first-order valence-corrected chi connectivity index (χ1v) is 7.63.